The van der Waals surface area contributed by atoms with Crippen molar-refractivity contribution in [3.05, 3.63) is 17.5 Å². The number of aliphatic hydroxyl groups is 1. The summed E-state index contributed by atoms with van der Waals surface area (Å²) in [7, 11) is 3.52. The molecule has 5 heteroatoms. The number of hydrogen-bond acceptors (Lipinski definition) is 3. The second-order valence-corrected chi connectivity index (χ2v) is 6.88. The Kier molecular flexibility index (Phi) is 3.91. The number of carbonyl (C=O) groups excluding carboxylic acids is 1. The lowest BCUT2D eigenvalue weighted by atomic mass is 9.92. The molecular formula is C15H25N3O2. The van der Waals surface area contributed by atoms with E-state index >= 15 is 0 Å². The van der Waals surface area contributed by atoms with Crippen molar-refractivity contribution in [1.82, 2.24) is 14.7 Å². The molecule has 0 aromatic carbocycles. The van der Waals surface area contributed by atoms with Crippen molar-refractivity contribution in [2.45, 2.75) is 45.1 Å². The highest BCUT2D eigenvalue weighted by molar-refractivity contribution is 5.92. The highest BCUT2D eigenvalue weighted by atomic mass is 16.3. The average Bonchev–Trinajstić information content (AvgIpc) is 3.10. The van der Waals surface area contributed by atoms with Crippen LogP contribution in [0.4, 0.5) is 0 Å². The molecular weight excluding hydrogens is 254 g/mol. The Morgan fingerprint density at radius 1 is 1.55 bits per heavy atom. The van der Waals surface area contributed by atoms with Crippen molar-refractivity contribution in [3.8, 4) is 0 Å². The molecule has 1 aliphatic rings. The normalized spacial score (nSPS) is 17.1. The molecule has 0 aliphatic heterocycles. The van der Waals surface area contributed by atoms with Crippen molar-refractivity contribution >= 4 is 5.91 Å². The predicted octanol–water partition coefficient (Wildman–Crippen LogP) is 1.56. The van der Waals surface area contributed by atoms with Crippen molar-refractivity contribution < 1.29 is 9.90 Å². The van der Waals surface area contributed by atoms with Gasteiger partial charge in [0, 0.05) is 26.1 Å². The largest absolute Gasteiger partial charge is 0.391 e. The van der Waals surface area contributed by atoms with Crippen LogP contribution in [0.3, 0.4) is 0 Å². The first-order chi connectivity index (χ1) is 9.20. The van der Waals surface area contributed by atoms with E-state index in [0.29, 0.717) is 18.2 Å². The molecule has 1 saturated carbocycles. The Labute approximate surface area is 120 Å². The maximum absolute atomic E-state index is 12.4. The van der Waals surface area contributed by atoms with E-state index in [0.717, 1.165) is 18.5 Å². The molecule has 1 aromatic rings. The van der Waals surface area contributed by atoms with Gasteiger partial charge in [-0.05, 0) is 24.8 Å². The van der Waals surface area contributed by atoms with E-state index in [4.69, 9.17) is 0 Å². The van der Waals surface area contributed by atoms with Gasteiger partial charge in [0.15, 0.2) is 0 Å². The highest BCUT2D eigenvalue weighted by Crippen LogP contribution is 2.32. The van der Waals surface area contributed by atoms with E-state index in [1.807, 2.05) is 6.07 Å². The molecule has 1 unspecified atom stereocenters. The van der Waals surface area contributed by atoms with Gasteiger partial charge in [-0.1, -0.05) is 20.8 Å². The zero-order valence-corrected chi connectivity index (χ0v) is 13.1. The van der Waals surface area contributed by atoms with Crippen molar-refractivity contribution in [2.24, 2.45) is 13.0 Å². The third-order valence-electron chi connectivity index (χ3n) is 3.84. The summed E-state index contributed by atoms with van der Waals surface area (Å²) >= 11 is 0. The van der Waals surface area contributed by atoms with Crippen LogP contribution in [0.5, 0.6) is 0 Å². The van der Waals surface area contributed by atoms with Crippen LogP contribution in [0.15, 0.2) is 6.07 Å². The molecule has 5 nitrogen and oxygen atoms in total. The number of amides is 1. The van der Waals surface area contributed by atoms with Crippen LogP contribution >= 0.6 is 0 Å². The van der Waals surface area contributed by atoms with Gasteiger partial charge in [-0.2, -0.15) is 5.10 Å². The Morgan fingerprint density at radius 3 is 2.60 bits per heavy atom. The Hall–Kier alpha value is -1.36. The van der Waals surface area contributed by atoms with E-state index in [-0.39, 0.29) is 11.3 Å². The molecule has 1 atom stereocenters. The number of nitrogens with zero attached hydrogens (tertiary/aromatic N) is 3. The maximum Gasteiger partial charge on any atom is 0.271 e. The molecule has 0 spiro atoms. The fourth-order valence-corrected chi connectivity index (χ4v) is 2.22. The lowest BCUT2D eigenvalue weighted by Gasteiger charge is -2.20. The van der Waals surface area contributed by atoms with Gasteiger partial charge < -0.3 is 10.0 Å². The molecule has 1 N–H and O–H groups in total. The zero-order valence-electron chi connectivity index (χ0n) is 13.1. The average molecular weight is 279 g/mol. The molecule has 20 heavy (non-hydrogen) atoms. The Bertz CT molecular complexity index is 498. The first-order valence-corrected chi connectivity index (χ1v) is 7.18. The molecule has 0 bridgehead atoms. The predicted molar refractivity (Wildman–Crippen MR) is 77.6 cm³/mol. The molecule has 0 saturated heterocycles. The summed E-state index contributed by atoms with van der Waals surface area (Å²) in [5.41, 5.74) is 1.39. The third kappa shape index (κ3) is 3.20. The summed E-state index contributed by atoms with van der Waals surface area (Å²) in [4.78, 5) is 14.0. The first-order valence-electron chi connectivity index (χ1n) is 7.18. The second-order valence-electron chi connectivity index (χ2n) is 6.88. The van der Waals surface area contributed by atoms with Crippen molar-refractivity contribution in [3.63, 3.8) is 0 Å². The minimum absolute atomic E-state index is 0.0810. The van der Waals surface area contributed by atoms with Gasteiger partial charge in [-0.3, -0.25) is 9.48 Å². The van der Waals surface area contributed by atoms with Crippen LogP contribution in [0.1, 0.15) is 49.8 Å². The topological polar surface area (TPSA) is 58.4 Å². The van der Waals surface area contributed by atoms with Crippen LogP contribution < -0.4 is 0 Å². The molecule has 1 fully saturated rings. The van der Waals surface area contributed by atoms with Crippen LogP contribution in [0.2, 0.25) is 0 Å². The minimum atomic E-state index is -0.403. The number of aryl methyl sites for hydroxylation is 1. The molecule has 2 rings (SSSR count). The molecule has 1 aliphatic carbocycles. The Morgan fingerprint density at radius 2 is 2.15 bits per heavy atom. The number of hydrogen-bond donors (Lipinski definition) is 1. The monoisotopic (exact) mass is 279 g/mol. The van der Waals surface area contributed by atoms with Gasteiger partial charge in [-0.15, -0.1) is 0 Å². The lowest BCUT2D eigenvalue weighted by molar-refractivity contribution is 0.0635. The van der Waals surface area contributed by atoms with Gasteiger partial charge in [0.1, 0.15) is 5.69 Å². The quantitative estimate of drug-likeness (QED) is 0.910. The summed E-state index contributed by atoms with van der Waals surface area (Å²) in [6.45, 7) is 6.61. The van der Waals surface area contributed by atoms with Crippen molar-refractivity contribution in [1.29, 1.82) is 0 Å². The summed E-state index contributed by atoms with van der Waals surface area (Å²) in [5, 5.41) is 14.4. The van der Waals surface area contributed by atoms with Crippen molar-refractivity contribution in [2.75, 3.05) is 13.6 Å². The third-order valence-corrected chi connectivity index (χ3v) is 3.84. The number of aromatic nitrogens is 2. The molecule has 1 amide bonds. The molecule has 1 heterocycles. The standard InChI is InChI=1S/C15H25N3O2/c1-15(2,3)13-8-11(18(5)16-13)14(20)17(4)9-12(19)10-6-7-10/h8,10,12,19H,6-7,9H2,1-5H3. The fourth-order valence-electron chi connectivity index (χ4n) is 2.22. The SMILES string of the molecule is CN(CC(O)C1CC1)C(=O)c1cc(C(C)(C)C)nn1C. The summed E-state index contributed by atoms with van der Waals surface area (Å²) < 4.78 is 1.63. The van der Waals surface area contributed by atoms with E-state index in [1.54, 1.807) is 23.7 Å². The van der Waals surface area contributed by atoms with Gasteiger partial charge in [0.25, 0.3) is 5.91 Å². The van der Waals surface area contributed by atoms with E-state index in [1.165, 1.54) is 0 Å². The van der Waals surface area contributed by atoms with Gasteiger partial charge >= 0.3 is 0 Å². The maximum atomic E-state index is 12.4. The minimum Gasteiger partial charge on any atom is -0.391 e. The molecule has 1 aromatic heterocycles. The smallest absolute Gasteiger partial charge is 0.271 e. The fraction of sp³-hybridized carbons (Fsp3) is 0.733. The van der Waals surface area contributed by atoms with E-state index < -0.39 is 6.10 Å². The van der Waals surface area contributed by atoms with Gasteiger partial charge in [0.2, 0.25) is 0 Å². The van der Waals surface area contributed by atoms with E-state index in [9.17, 15) is 9.90 Å². The number of likely N-dealkylation sites (N-methyl/N-ethyl adjacent to an activating group) is 1. The van der Waals surface area contributed by atoms with E-state index in [2.05, 4.69) is 25.9 Å². The first kappa shape index (κ1) is 15.0. The van der Waals surface area contributed by atoms with Crippen LogP contribution in [0, 0.1) is 5.92 Å². The number of carbonyl (C=O) groups is 1. The van der Waals surface area contributed by atoms with Crippen LogP contribution in [-0.2, 0) is 12.5 Å². The summed E-state index contributed by atoms with van der Waals surface area (Å²) in [6.07, 6.45) is 1.74. The zero-order chi connectivity index (χ0) is 15.1. The van der Waals surface area contributed by atoms with Gasteiger partial charge in [0.05, 0.1) is 11.8 Å². The highest BCUT2D eigenvalue weighted by Gasteiger charge is 2.32. The summed E-state index contributed by atoms with van der Waals surface area (Å²) in [5.74, 6) is 0.289. The molecule has 112 valence electrons. The Balaban J connectivity index is 2.09. The molecule has 0 radical (unpaired) electrons. The van der Waals surface area contributed by atoms with Crippen LogP contribution in [0.25, 0.3) is 0 Å². The number of aliphatic hydroxyl groups excluding tert-OH is 1. The summed E-state index contributed by atoms with van der Waals surface area (Å²) in [6, 6.07) is 1.85. The number of rotatable bonds is 4. The lowest BCUT2D eigenvalue weighted by Crippen LogP contribution is -2.36. The van der Waals surface area contributed by atoms with Crippen LogP contribution in [-0.4, -0.2) is 45.4 Å². The second kappa shape index (κ2) is 5.20. The van der Waals surface area contributed by atoms with Gasteiger partial charge in [-0.25, -0.2) is 0 Å².